The van der Waals surface area contributed by atoms with Crippen LogP contribution < -0.4 is 4.80 Å². The van der Waals surface area contributed by atoms with Crippen molar-refractivity contribution in [1.82, 2.24) is 4.57 Å². The van der Waals surface area contributed by atoms with E-state index in [9.17, 15) is 4.79 Å². The predicted octanol–water partition coefficient (Wildman–Crippen LogP) is 5.36. The number of rotatable bonds is 4. The number of nitrogens with zero attached hydrogens (tertiary/aromatic N) is 2. The summed E-state index contributed by atoms with van der Waals surface area (Å²) in [5.41, 5.74) is 2.31. The Hall–Kier alpha value is -1.50. The molecule has 124 valence electrons. The van der Waals surface area contributed by atoms with E-state index in [0.29, 0.717) is 4.88 Å². The van der Waals surface area contributed by atoms with Gasteiger partial charge in [0.2, 0.25) is 0 Å². The van der Waals surface area contributed by atoms with Gasteiger partial charge in [0.05, 0.1) is 10.6 Å². The van der Waals surface area contributed by atoms with Gasteiger partial charge in [0.15, 0.2) is 4.80 Å². The number of hydrogen-bond acceptors (Lipinski definition) is 3. The maximum atomic E-state index is 12.4. The summed E-state index contributed by atoms with van der Waals surface area (Å²) in [6.07, 6.45) is 0.915. The minimum atomic E-state index is -0.168. The van der Waals surface area contributed by atoms with E-state index in [-0.39, 0.29) is 5.91 Å². The predicted molar refractivity (Wildman–Crippen MR) is 105 cm³/mol. The summed E-state index contributed by atoms with van der Waals surface area (Å²) >= 11 is 6.51. The molecule has 1 amide bonds. The third kappa shape index (κ3) is 3.45. The number of aryl methyl sites for hydroxylation is 1. The van der Waals surface area contributed by atoms with E-state index in [0.717, 1.165) is 33.5 Å². The quantitative estimate of drug-likeness (QED) is 0.558. The molecule has 0 unspecified atom stereocenters. The highest BCUT2D eigenvalue weighted by Gasteiger charge is 2.15. The largest absolute Gasteiger partial charge is 0.316 e. The average Bonchev–Trinajstić information content (AvgIpc) is 3.23. The molecule has 0 spiro atoms. The highest BCUT2D eigenvalue weighted by molar-refractivity contribution is 9.10. The highest BCUT2D eigenvalue weighted by Crippen LogP contribution is 2.28. The van der Waals surface area contributed by atoms with E-state index in [4.69, 9.17) is 0 Å². The second-order valence-electron chi connectivity index (χ2n) is 5.16. The second kappa shape index (κ2) is 7.59. The Labute approximate surface area is 157 Å². The Kier molecular flexibility index (Phi) is 5.48. The molecule has 2 heterocycles. The van der Waals surface area contributed by atoms with E-state index in [1.165, 1.54) is 16.2 Å². The SMILES string of the molecule is CCc1sc(=NC(=O)c2cccs2)n(CC)c1-c1ccc(Br)cc1. The average molecular weight is 421 g/mol. The normalized spacial score (nSPS) is 11.9. The molecule has 2 aromatic heterocycles. The van der Waals surface area contributed by atoms with Gasteiger partial charge in [-0.2, -0.15) is 4.99 Å². The first-order valence-corrected chi connectivity index (χ1v) is 10.2. The van der Waals surface area contributed by atoms with Gasteiger partial charge in [0, 0.05) is 15.9 Å². The van der Waals surface area contributed by atoms with Gasteiger partial charge >= 0.3 is 0 Å². The third-order valence-corrected chi connectivity index (χ3v) is 6.27. The van der Waals surface area contributed by atoms with E-state index in [2.05, 4.69) is 51.5 Å². The lowest BCUT2D eigenvalue weighted by molar-refractivity contribution is 0.100. The number of halogens is 1. The van der Waals surface area contributed by atoms with Crippen molar-refractivity contribution in [3.63, 3.8) is 0 Å². The molecule has 0 aliphatic heterocycles. The molecule has 3 rings (SSSR count). The van der Waals surface area contributed by atoms with Crippen LogP contribution >= 0.6 is 38.6 Å². The molecule has 0 atom stereocenters. The summed E-state index contributed by atoms with van der Waals surface area (Å²) in [7, 11) is 0. The fraction of sp³-hybridized carbons (Fsp3) is 0.222. The van der Waals surface area contributed by atoms with Gasteiger partial charge in [-0.25, -0.2) is 0 Å². The first-order valence-electron chi connectivity index (χ1n) is 7.75. The lowest BCUT2D eigenvalue weighted by Gasteiger charge is -2.08. The zero-order chi connectivity index (χ0) is 17.1. The van der Waals surface area contributed by atoms with Gasteiger partial charge in [-0.1, -0.05) is 41.1 Å². The molecule has 0 N–H and O–H groups in total. The van der Waals surface area contributed by atoms with Crippen LogP contribution in [0.2, 0.25) is 0 Å². The van der Waals surface area contributed by atoms with Crippen LogP contribution in [0, 0.1) is 0 Å². The maximum absolute atomic E-state index is 12.4. The molecule has 0 fully saturated rings. The minimum Gasteiger partial charge on any atom is -0.316 e. The summed E-state index contributed by atoms with van der Waals surface area (Å²) in [6.45, 7) is 5.00. The van der Waals surface area contributed by atoms with Gasteiger partial charge in [0.25, 0.3) is 5.91 Å². The number of benzene rings is 1. The molecule has 3 nitrogen and oxygen atoms in total. The van der Waals surface area contributed by atoms with Gasteiger partial charge in [-0.15, -0.1) is 22.7 Å². The van der Waals surface area contributed by atoms with Crippen molar-refractivity contribution < 1.29 is 4.79 Å². The Morgan fingerprint density at radius 1 is 1.21 bits per heavy atom. The number of aromatic nitrogens is 1. The van der Waals surface area contributed by atoms with E-state index >= 15 is 0 Å². The first-order chi connectivity index (χ1) is 11.6. The summed E-state index contributed by atoms with van der Waals surface area (Å²) in [5.74, 6) is -0.168. The highest BCUT2D eigenvalue weighted by atomic mass is 79.9. The lowest BCUT2D eigenvalue weighted by Crippen LogP contribution is -2.16. The number of amides is 1. The molecule has 0 aliphatic carbocycles. The van der Waals surface area contributed by atoms with E-state index in [1.54, 1.807) is 11.3 Å². The molecule has 6 heteroatoms. The summed E-state index contributed by atoms with van der Waals surface area (Å²) in [5, 5.41) is 1.90. The van der Waals surface area contributed by atoms with Crippen LogP contribution in [0.5, 0.6) is 0 Å². The van der Waals surface area contributed by atoms with Crippen LogP contribution in [0.1, 0.15) is 28.4 Å². The Bertz CT molecular complexity index is 906. The fourth-order valence-corrected chi connectivity index (χ4v) is 4.56. The number of thiophene rings is 1. The minimum absolute atomic E-state index is 0.168. The number of carbonyl (C=O) groups excluding carboxylic acids is 1. The van der Waals surface area contributed by atoms with Gasteiger partial charge < -0.3 is 4.57 Å². The molecule has 0 saturated carbocycles. The summed E-state index contributed by atoms with van der Waals surface area (Å²) in [4.78, 5) is 19.4. The fourth-order valence-electron chi connectivity index (χ4n) is 2.54. The molecule has 3 aromatic rings. The van der Waals surface area contributed by atoms with Crippen molar-refractivity contribution in [2.75, 3.05) is 0 Å². The standard InChI is InChI=1S/C18H17BrN2OS2/c1-3-14-16(12-7-9-13(19)10-8-12)21(4-2)18(24-14)20-17(22)15-6-5-11-23-15/h5-11H,3-4H2,1-2H3. The van der Waals surface area contributed by atoms with Crippen LogP contribution in [0.3, 0.4) is 0 Å². The molecule has 24 heavy (non-hydrogen) atoms. The zero-order valence-corrected chi connectivity index (χ0v) is 16.7. The van der Waals surface area contributed by atoms with Crippen molar-refractivity contribution in [3.05, 3.63) is 60.8 Å². The molecule has 0 bridgehead atoms. The van der Waals surface area contributed by atoms with Crippen LogP contribution in [0.15, 0.2) is 51.2 Å². The van der Waals surface area contributed by atoms with Crippen LogP contribution in [0.4, 0.5) is 0 Å². The topological polar surface area (TPSA) is 34.4 Å². The molecule has 0 aliphatic rings. The summed E-state index contributed by atoms with van der Waals surface area (Å²) in [6, 6.07) is 12.0. The second-order valence-corrected chi connectivity index (χ2v) is 8.08. The molecule has 0 saturated heterocycles. The van der Waals surface area contributed by atoms with Crippen molar-refractivity contribution >= 4 is 44.5 Å². The number of hydrogen-bond donors (Lipinski definition) is 0. The van der Waals surface area contributed by atoms with Crippen molar-refractivity contribution in [2.24, 2.45) is 4.99 Å². The van der Waals surface area contributed by atoms with E-state index in [1.807, 2.05) is 29.6 Å². The van der Waals surface area contributed by atoms with Crippen molar-refractivity contribution in [3.8, 4) is 11.3 Å². The maximum Gasteiger partial charge on any atom is 0.289 e. The molecular weight excluding hydrogens is 404 g/mol. The smallest absolute Gasteiger partial charge is 0.289 e. The number of carbonyl (C=O) groups is 1. The molecular formula is C18H17BrN2OS2. The van der Waals surface area contributed by atoms with Crippen LogP contribution in [-0.2, 0) is 13.0 Å². The van der Waals surface area contributed by atoms with Gasteiger partial charge in [-0.3, -0.25) is 4.79 Å². The van der Waals surface area contributed by atoms with Crippen molar-refractivity contribution in [1.29, 1.82) is 0 Å². The first kappa shape index (κ1) is 17.3. The molecule has 1 aromatic carbocycles. The molecule has 0 radical (unpaired) electrons. The Balaban J connectivity index is 2.15. The van der Waals surface area contributed by atoms with Crippen molar-refractivity contribution in [2.45, 2.75) is 26.8 Å². The number of thiazole rings is 1. The van der Waals surface area contributed by atoms with Crippen LogP contribution in [0.25, 0.3) is 11.3 Å². The Morgan fingerprint density at radius 2 is 1.96 bits per heavy atom. The van der Waals surface area contributed by atoms with Crippen LogP contribution in [-0.4, -0.2) is 10.5 Å². The summed E-state index contributed by atoms with van der Waals surface area (Å²) < 4.78 is 3.19. The third-order valence-electron chi connectivity index (χ3n) is 3.66. The Morgan fingerprint density at radius 3 is 2.54 bits per heavy atom. The monoisotopic (exact) mass is 420 g/mol. The zero-order valence-electron chi connectivity index (χ0n) is 13.5. The van der Waals surface area contributed by atoms with Gasteiger partial charge in [0.1, 0.15) is 0 Å². The van der Waals surface area contributed by atoms with Gasteiger partial charge in [-0.05, 0) is 42.5 Å². The lowest BCUT2D eigenvalue weighted by atomic mass is 10.1. The van der Waals surface area contributed by atoms with E-state index < -0.39 is 0 Å².